The number of fused-ring (bicyclic) bond motifs is 1. The molecule has 0 aliphatic carbocycles. The summed E-state index contributed by atoms with van der Waals surface area (Å²) in [6, 6.07) is 24.9. The number of thioether (sulfide) groups is 1. The van der Waals surface area contributed by atoms with Crippen molar-refractivity contribution in [2.75, 3.05) is 4.90 Å². The number of aromatic hydroxyl groups is 1. The van der Waals surface area contributed by atoms with Gasteiger partial charge in [0.15, 0.2) is 0 Å². The number of phenols is 1. The molecule has 0 atom stereocenters. The van der Waals surface area contributed by atoms with Crippen LogP contribution in [0.1, 0.15) is 5.56 Å². The fourth-order valence-corrected chi connectivity index (χ4v) is 4.59. The van der Waals surface area contributed by atoms with E-state index in [4.69, 9.17) is 11.6 Å². The molecule has 0 aromatic heterocycles. The van der Waals surface area contributed by atoms with Crippen LogP contribution < -0.4 is 4.90 Å². The first kappa shape index (κ1) is 21.9. The predicted molar refractivity (Wildman–Crippen MR) is 136 cm³/mol. The molecular weight excluding hydrogens is 470 g/mol. The van der Waals surface area contributed by atoms with E-state index in [0.29, 0.717) is 22.0 Å². The van der Waals surface area contributed by atoms with Gasteiger partial charge in [-0.15, -0.1) is 5.11 Å². The zero-order valence-electron chi connectivity index (χ0n) is 17.6. The van der Waals surface area contributed by atoms with Crippen LogP contribution >= 0.6 is 23.4 Å². The van der Waals surface area contributed by atoms with Crippen LogP contribution in [0.15, 0.2) is 100 Å². The molecule has 6 nitrogen and oxygen atoms in total. The van der Waals surface area contributed by atoms with Crippen LogP contribution in [0.25, 0.3) is 16.8 Å². The number of halogens is 1. The Balaban J connectivity index is 1.45. The largest absolute Gasteiger partial charge is 0.507 e. The van der Waals surface area contributed by atoms with E-state index in [1.807, 2.05) is 42.5 Å². The molecule has 1 fully saturated rings. The van der Waals surface area contributed by atoms with E-state index in [9.17, 15) is 14.7 Å². The molecule has 4 aromatic carbocycles. The number of azo groups is 1. The molecule has 4 aromatic rings. The minimum Gasteiger partial charge on any atom is -0.507 e. The molecule has 1 aliphatic rings. The molecule has 1 aliphatic heterocycles. The van der Waals surface area contributed by atoms with Crippen molar-refractivity contribution in [2.24, 2.45) is 10.2 Å². The Morgan fingerprint density at radius 2 is 1.68 bits per heavy atom. The Bertz CT molecular complexity index is 1510. The second-order valence-corrected chi connectivity index (χ2v) is 8.87. The van der Waals surface area contributed by atoms with Gasteiger partial charge in [0, 0.05) is 16.0 Å². The number of anilines is 1. The summed E-state index contributed by atoms with van der Waals surface area (Å²) >= 11 is 6.80. The van der Waals surface area contributed by atoms with Crippen LogP contribution in [0.3, 0.4) is 0 Å². The maximum Gasteiger partial charge on any atom is 0.298 e. The first-order chi connectivity index (χ1) is 16.5. The highest BCUT2D eigenvalue weighted by Crippen LogP contribution is 2.38. The van der Waals surface area contributed by atoms with E-state index in [-0.39, 0.29) is 10.7 Å². The number of carbonyl (C=O) groups is 2. The van der Waals surface area contributed by atoms with Crippen LogP contribution in [0, 0.1) is 0 Å². The zero-order valence-corrected chi connectivity index (χ0v) is 19.1. The van der Waals surface area contributed by atoms with Gasteiger partial charge in [-0.3, -0.25) is 9.59 Å². The summed E-state index contributed by atoms with van der Waals surface area (Å²) in [4.78, 5) is 26.7. The quantitative estimate of drug-likeness (QED) is 0.235. The minimum absolute atomic E-state index is 0.0429. The number of phenolic OH excluding ortho intramolecular Hbond substituents is 1. The highest BCUT2D eigenvalue weighted by Gasteiger charge is 2.36. The van der Waals surface area contributed by atoms with Gasteiger partial charge in [-0.25, -0.2) is 4.90 Å². The van der Waals surface area contributed by atoms with Gasteiger partial charge in [-0.2, -0.15) is 5.11 Å². The molecule has 34 heavy (non-hydrogen) atoms. The summed E-state index contributed by atoms with van der Waals surface area (Å²) in [6.07, 6.45) is 1.47. The van der Waals surface area contributed by atoms with E-state index >= 15 is 0 Å². The van der Waals surface area contributed by atoms with Crippen molar-refractivity contribution in [1.29, 1.82) is 0 Å². The number of nitrogens with zero attached hydrogens (tertiary/aromatic N) is 3. The molecule has 0 radical (unpaired) electrons. The third kappa shape index (κ3) is 4.31. The summed E-state index contributed by atoms with van der Waals surface area (Å²) < 4.78 is 0. The Morgan fingerprint density at radius 1 is 0.882 bits per heavy atom. The van der Waals surface area contributed by atoms with E-state index in [2.05, 4.69) is 10.2 Å². The summed E-state index contributed by atoms with van der Waals surface area (Å²) in [6.45, 7) is 0. The third-order valence-electron chi connectivity index (χ3n) is 5.20. The molecule has 166 valence electrons. The summed E-state index contributed by atoms with van der Waals surface area (Å²) in [7, 11) is 0. The fourth-order valence-electron chi connectivity index (χ4n) is 3.57. The molecule has 1 N–H and O–H groups in total. The van der Waals surface area contributed by atoms with Crippen molar-refractivity contribution >= 4 is 68.4 Å². The van der Waals surface area contributed by atoms with Crippen molar-refractivity contribution < 1.29 is 14.7 Å². The van der Waals surface area contributed by atoms with Gasteiger partial charge < -0.3 is 5.11 Å². The predicted octanol–water partition coefficient (Wildman–Crippen LogP) is 7.86. The second-order valence-electron chi connectivity index (χ2n) is 7.44. The second kappa shape index (κ2) is 9.13. The van der Waals surface area contributed by atoms with Crippen molar-refractivity contribution in [2.45, 2.75) is 0 Å². The van der Waals surface area contributed by atoms with Crippen LogP contribution in [0.2, 0.25) is 5.02 Å². The third-order valence-corrected chi connectivity index (χ3v) is 6.30. The Hall–Kier alpha value is -3.94. The standard InChI is InChI=1S/C26H16ClN3O3S/c27-18-7-4-8-20(15-18)30-25(32)24(34-26(30)33)14-17-13-19(11-12-23(17)31)28-29-22-10-3-6-16-5-1-2-9-21(16)22/h1-15,31H/b24-14-,29-28?. The van der Waals surface area contributed by atoms with Crippen molar-refractivity contribution in [1.82, 2.24) is 0 Å². The molecule has 2 amide bonds. The van der Waals surface area contributed by atoms with Crippen LogP contribution in [0.5, 0.6) is 5.75 Å². The number of hydrogen-bond acceptors (Lipinski definition) is 6. The molecule has 0 spiro atoms. The fraction of sp³-hybridized carbons (Fsp3) is 0. The Morgan fingerprint density at radius 3 is 2.53 bits per heavy atom. The lowest BCUT2D eigenvalue weighted by Gasteiger charge is -2.12. The highest BCUT2D eigenvalue weighted by molar-refractivity contribution is 8.19. The Labute approximate surface area is 204 Å². The first-order valence-corrected chi connectivity index (χ1v) is 11.4. The molecule has 1 heterocycles. The summed E-state index contributed by atoms with van der Waals surface area (Å²) in [5, 5.41) is 21.0. The lowest BCUT2D eigenvalue weighted by Crippen LogP contribution is -2.27. The summed E-state index contributed by atoms with van der Waals surface area (Å²) in [5.74, 6) is -0.530. The van der Waals surface area contributed by atoms with Gasteiger partial charge in [0.25, 0.3) is 11.1 Å². The average molecular weight is 486 g/mol. The van der Waals surface area contributed by atoms with Gasteiger partial charge in [0.05, 0.1) is 22.0 Å². The Kier molecular flexibility index (Phi) is 5.88. The normalized spacial score (nSPS) is 15.2. The molecule has 0 saturated carbocycles. The van der Waals surface area contributed by atoms with Crippen LogP contribution in [-0.2, 0) is 4.79 Å². The van der Waals surface area contributed by atoms with Crippen LogP contribution in [0.4, 0.5) is 21.9 Å². The molecule has 1 saturated heterocycles. The van der Waals surface area contributed by atoms with Gasteiger partial charge in [0.1, 0.15) is 5.75 Å². The molecular formula is C26H16ClN3O3S. The number of carbonyl (C=O) groups excluding carboxylic acids is 2. The van der Waals surface area contributed by atoms with Crippen molar-refractivity contribution in [3.8, 4) is 5.75 Å². The van der Waals surface area contributed by atoms with E-state index in [1.54, 1.807) is 36.4 Å². The number of rotatable bonds is 4. The number of hydrogen-bond donors (Lipinski definition) is 1. The molecule has 5 rings (SSSR count). The SMILES string of the molecule is O=C1S/C(=C\c2cc(N=Nc3cccc4ccccc34)ccc2O)C(=O)N1c1cccc(Cl)c1. The molecule has 8 heteroatoms. The maximum absolute atomic E-state index is 12.9. The van der Waals surface area contributed by atoms with Crippen molar-refractivity contribution in [3.05, 3.63) is 100 Å². The van der Waals surface area contributed by atoms with E-state index in [0.717, 1.165) is 33.1 Å². The van der Waals surface area contributed by atoms with E-state index in [1.165, 1.54) is 12.1 Å². The van der Waals surface area contributed by atoms with Gasteiger partial charge in [-0.05, 0) is 65.7 Å². The maximum atomic E-state index is 12.9. The van der Waals surface area contributed by atoms with Gasteiger partial charge in [0.2, 0.25) is 0 Å². The minimum atomic E-state index is -0.487. The van der Waals surface area contributed by atoms with Crippen molar-refractivity contribution in [3.63, 3.8) is 0 Å². The van der Waals surface area contributed by atoms with E-state index < -0.39 is 11.1 Å². The first-order valence-electron chi connectivity index (χ1n) is 10.3. The van der Waals surface area contributed by atoms with Crippen LogP contribution in [-0.4, -0.2) is 16.3 Å². The highest BCUT2D eigenvalue weighted by atomic mass is 35.5. The number of benzene rings is 4. The van der Waals surface area contributed by atoms with Gasteiger partial charge >= 0.3 is 0 Å². The lowest BCUT2D eigenvalue weighted by molar-refractivity contribution is -0.113. The zero-order chi connectivity index (χ0) is 23.7. The smallest absolute Gasteiger partial charge is 0.298 e. The van der Waals surface area contributed by atoms with Gasteiger partial charge in [-0.1, -0.05) is 54.1 Å². The molecule has 0 bridgehead atoms. The lowest BCUT2D eigenvalue weighted by atomic mass is 10.1. The average Bonchev–Trinajstić information content (AvgIpc) is 3.12. The topological polar surface area (TPSA) is 82.3 Å². The number of imide groups is 1. The number of amides is 2. The monoisotopic (exact) mass is 485 g/mol. The summed E-state index contributed by atoms with van der Waals surface area (Å²) in [5.41, 5.74) is 1.95. The molecule has 0 unspecified atom stereocenters.